The van der Waals surface area contributed by atoms with E-state index in [4.69, 9.17) is 9.84 Å². The van der Waals surface area contributed by atoms with E-state index in [0.29, 0.717) is 12.2 Å². The second-order valence-electron chi connectivity index (χ2n) is 5.12. The van der Waals surface area contributed by atoms with Crippen molar-refractivity contribution in [3.63, 3.8) is 0 Å². The van der Waals surface area contributed by atoms with Crippen LogP contribution in [-0.2, 0) is 16.0 Å². The Balaban J connectivity index is 1.81. The Morgan fingerprint density at radius 3 is 2.61 bits per heavy atom. The first-order valence-electron chi connectivity index (χ1n) is 7.31. The van der Waals surface area contributed by atoms with Gasteiger partial charge in [0, 0.05) is 11.3 Å². The van der Waals surface area contributed by atoms with Gasteiger partial charge in [-0.15, -0.1) is 11.3 Å². The van der Waals surface area contributed by atoms with E-state index >= 15 is 0 Å². The van der Waals surface area contributed by atoms with E-state index in [0.717, 1.165) is 12.0 Å². The summed E-state index contributed by atoms with van der Waals surface area (Å²) in [5.41, 5.74) is 0.942. The van der Waals surface area contributed by atoms with E-state index in [1.807, 2.05) is 36.6 Å². The number of carboxylic acid groups (broad SMARTS) is 1. The van der Waals surface area contributed by atoms with Crippen LogP contribution in [0.1, 0.15) is 29.8 Å². The average Bonchev–Trinajstić information content (AvgIpc) is 3.05. The van der Waals surface area contributed by atoms with Crippen molar-refractivity contribution in [3.8, 4) is 5.75 Å². The van der Waals surface area contributed by atoms with Crippen LogP contribution >= 0.6 is 11.3 Å². The van der Waals surface area contributed by atoms with Gasteiger partial charge >= 0.3 is 5.97 Å². The van der Waals surface area contributed by atoms with Gasteiger partial charge in [-0.3, -0.25) is 4.79 Å². The molecule has 1 unspecified atom stereocenters. The Bertz CT molecular complexity index is 637. The molecule has 1 atom stereocenters. The molecule has 1 aromatic heterocycles. The highest BCUT2D eigenvalue weighted by Crippen LogP contribution is 2.18. The lowest BCUT2D eigenvalue weighted by molar-refractivity contribution is -0.139. The van der Waals surface area contributed by atoms with Crippen molar-refractivity contribution in [2.75, 3.05) is 6.61 Å². The molecule has 0 saturated carbocycles. The molecule has 1 amide bonds. The normalized spacial score (nSPS) is 11.7. The molecule has 0 fully saturated rings. The van der Waals surface area contributed by atoms with Gasteiger partial charge in [0.15, 0.2) is 6.61 Å². The summed E-state index contributed by atoms with van der Waals surface area (Å²) >= 11 is 1.65. The summed E-state index contributed by atoms with van der Waals surface area (Å²) in [4.78, 5) is 23.6. The summed E-state index contributed by atoms with van der Waals surface area (Å²) in [6.07, 6.45) is 1.21. The zero-order valence-corrected chi connectivity index (χ0v) is 13.6. The van der Waals surface area contributed by atoms with Gasteiger partial charge in [-0.1, -0.05) is 18.2 Å². The number of hydrogen-bond donors (Lipinski definition) is 2. The number of carbonyl (C=O) groups excluding carboxylic acids is 1. The maximum absolute atomic E-state index is 12.0. The standard InChI is InChI=1S/C17H19NO4S/c1-12(18-16(19)9-8-15-3-2-10-23-15)13-4-6-14(7-5-13)22-11-17(20)21/h2-7,10,12H,8-9,11H2,1H3,(H,18,19)(H,20,21). The van der Waals surface area contributed by atoms with Crippen molar-refractivity contribution < 1.29 is 19.4 Å². The van der Waals surface area contributed by atoms with Crippen LogP contribution in [0, 0.1) is 0 Å². The Morgan fingerprint density at radius 1 is 1.26 bits per heavy atom. The number of aryl methyl sites for hydroxylation is 1. The molecule has 2 aromatic rings. The van der Waals surface area contributed by atoms with E-state index < -0.39 is 5.97 Å². The highest BCUT2D eigenvalue weighted by atomic mass is 32.1. The number of benzene rings is 1. The maximum Gasteiger partial charge on any atom is 0.341 e. The number of carboxylic acids is 1. The van der Waals surface area contributed by atoms with E-state index in [2.05, 4.69) is 5.32 Å². The molecule has 2 rings (SSSR count). The molecule has 23 heavy (non-hydrogen) atoms. The van der Waals surface area contributed by atoms with Crippen LogP contribution in [0.25, 0.3) is 0 Å². The van der Waals surface area contributed by atoms with Crippen molar-refractivity contribution in [1.82, 2.24) is 5.32 Å². The van der Waals surface area contributed by atoms with Gasteiger partial charge in [0.1, 0.15) is 5.75 Å². The predicted octanol–water partition coefficient (Wildman–Crippen LogP) is 3.02. The molecule has 0 spiro atoms. The van der Waals surface area contributed by atoms with Gasteiger partial charge in [-0.2, -0.15) is 0 Å². The minimum atomic E-state index is -1.01. The van der Waals surface area contributed by atoms with E-state index in [1.165, 1.54) is 4.88 Å². The molecular formula is C17H19NO4S. The number of rotatable bonds is 8. The highest BCUT2D eigenvalue weighted by Gasteiger charge is 2.10. The summed E-state index contributed by atoms with van der Waals surface area (Å²) in [5, 5.41) is 13.5. The fraction of sp³-hybridized carbons (Fsp3) is 0.294. The zero-order valence-electron chi connectivity index (χ0n) is 12.8. The maximum atomic E-state index is 12.0. The molecule has 2 N–H and O–H groups in total. The van der Waals surface area contributed by atoms with Crippen LogP contribution in [-0.4, -0.2) is 23.6 Å². The Labute approximate surface area is 138 Å². The summed E-state index contributed by atoms with van der Waals surface area (Å²) in [5.74, 6) is -0.509. The molecule has 0 aliphatic rings. The third kappa shape index (κ3) is 5.75. The van der Waals surface area contributed by atoms with Crippen LogP contribution in [0.2, 0.25) is 0 Å². The Morgan fingerprint density at radius 2 is 2.00 bits per heavy atom. The monoisotopic (exact) mass is 333 g/mol. The number of aliphatic carboxylic acids is 1. The van der Waals surface area contributed by atoms with Gasteiger partial charge in [-0.05, 0) is 42.5 Å². The highest BCUT2D eigenvalue weighted by molar-refractivity contribution is 7.09. The summed E-state index contributed by atoms with van der Waals surface area (Å²) in [6, 6.07) is 10.9. The number of carbonyl (C=O) groups is 2. The zero-order chi connectivity index (χ0) is 16.7. The third-order valence-electron chi connectivity index (χ3n) is 3.30. The Hall–Kier alpha value is -2.34. The van der Waals surface area contributed by atoms with Gasteiger partial charge in [0.25, 0.3) is 0 Å². The first-order chi connectivity index (χ1) is 11.0. The number of amides is 1. The number of nitrogens with one attached hydrogen (secondary N) is 1. The van der Waals surface area contributed by atoms with Crippen molar-refractivity contribution in [2.45, 2.75) is 25.8 Å². The quantitative estimate of drug-likeness (QED) is 0.778. The average molecular weight is 333 g/mol. The first kappa shape index (κ1) is 17.0. The fourth-order valence-electron chi connectivity index (χ4n) is 2.09. The molecule has 5 nitrogen and oxygen atoms in total. The number of hydrogen-bond acceptors (Lipinski definition) is 4. The molecule has 6 heteroatoms. The SMILES string of the molecule is CC(NC(=O)CCc1cccs1)c1ccc(OCC(=O)O)cc1. The fourth-order valence-corrected chi connectivity index (χ4v) is 2.80. The first-order valence-corrected chi connectivity index (χ1v) is 8.19. The molecule has 0 aliphatic heterocycles. The lowest BCUT2D eigenvalue weighted by atomic mass is 10.1. The van der Waals surface area contributed by atoms with Crippen LogP contribution in [0.4, 0.5) is 0 Å². The van der Waals surface area contributed by atoms with Crippen LogP contribution < -0.4 is 10.1 Å². The molecule has 122 valence electrons. The molecular weight excluding hydrogens is 314 g/mol. The largest absolute Gasteiger partial charge is 0.482 e. The predicted molar refractivity (Wildman–Crippen MR) is 88.8 cm³/mol. The minimum Gasteiger partial charge on any atom is -0.482 e. The topological polar surface area (TPSA) is 75.6 Å². The Kier molecular flexibility index (Phi) is 6.17. The molecule has 1 heterocycles. The lowest BCUT2D eigenvalue weighted by Gasteiger charge is -2.15. The molecule has 0 aliphatic carbocycles. The number of thiophene rings is 1. The summed E-state index contributed by atoms with van der Waals surface area (Å²) in [6.45, 7) is 1.55. The number of ether oxygens (including phenoxy) is 1. The van der Waals surface area contributed by atoms with Crippen molar-refractivity contribution in [2.24, 2.45) is 0 Å². The van der Waals surface area contributed by atoms with Crippen molar-refractivity contribution >= 4 is 23.2 Å². The molecule has 0 radical (unpaired) electrons. The molecule has 0 bridgehead atoms. The summed E-state index contributed by atoms with van der Waals surface area (Å²) < 4.78 is 5.08. The van der Waals surface area contributed by atoms with Crippen LogP contribution in [0.5, 0.6) is 5.75 Å². The van der Waals surface area contributed by atoms with Gasteiger partial charge in [-0.25, -0.2) is 4.79 Å². The summed E-state index contributed by atoms with van der Waals surface area (Å²) in [7, 11) is 0. The van der Waals surface area contributed by atoms with Crippen molar-refractivity contribution in [1.29, 1.82) is 0 Å². The van der Waals surface area contributed by atoms with Crippen LogP contribution in [0.3, 0.4) is 0 Å². The lowest BCUT2D eigenvalue weighted by Crippen LogP contribution is -2.26. The third-order valence-corrected chi connectivity index (χ3v) is 4.23. The van der Waals surface area contributed by atoms with Crippen molar-refractivity contribution in [3.05, 3.63) is 52.2 Å². The molecule has 0 saturated heterocycles. The van der Waals surface area contributed by atoms with E-state index in [1.54, 1.807) is 23.5 Å². The second kappa shape index (κ2) is 8.33. The van der Waals surface area contributed by atoms with Crippen LogP contribution in [0.15, 0.2) is 41.8 Å². The second-order valence-corrected chi connectivity index (χ2v) is 6.15. The van der Waals surface area contributed by atoms with Gasteiger partial charge in [0.05, 0.1) is 6.04 Å². The smallest absolute Gasteiger partial charge is 0.341 e. The minimum absolute atomic E-state index is 0.0112. The van der Waals surface area contributed by atoms with Gasteiger partial charge < -0.3 is 15.2 Å². The molecule has 1 aromatic carbocycles. The van der Waals surface area contributed by atoms with Gasteiger partial charge in [0.2, 0.25) is 5.91 Å². The van der Waals surface area contributed by atoms with E-state index in [-0.39, 0.29) is 18.6 Å². The van der Waals surface area contributed by atoms with E-state index in [9.17, 15) is 9.59 Å².